The minimum atomic E-state index is -1.81. The third kappa shape index (κ3) is 2.25. The number of hydrogen-bond acceptors (Lipinski definition) is 2. The number of rotatable bonds is 4. The summed E-state index contributed by atoms with van der Waals surface area (Å²) in [6.45, 7) is 1.73. The second-order valence-corrected chi connectivity index (χ2v) is 6.30. The molecule has 0 saturated heterocycles. The molecule has 0 amide bonds. The lowest BCUT2D eigenvalue weighted by molar-refractivity contribution is 0.133. The zero-order valence-corrected chi connectivity index (χ0v) is 12.4. The predicted molar refractivity (Wildman–Crippen MR) is 78.6 cm³/mol. The highest BCUT2D eigenvalue weighted by atomic mass is 35.5. The van der Waals surface area contributed by atoms with Crippen molar-refractivity contribution < 1.29 is 4.39 Å². The van der Waals surface area contributed by atoms with E-state index in [-0.39, 0.29) is 0 Å². The maximum absolute atomic E-state index is 15.2. The zero-order chi connectivity index (χ0) is 13.3. The van der Waals surface area contributed by atoms with Crippen molar-refractivity contribution in [2.24, 2.45) is 0 Å². The fraction of sp³-hybridized carbons (Fsp3) is 0.385. The number of likely N-dealkylation sites (N-methyl/N-ethyl adjacent to an activating group) is 1. The Morgan fingerprint density at radius 2 is 2.06 bits per heavy atom. The summed E-state index contributed by atoms with van der Waals surface area (Å²) in [6, 6.07) is 6.96. The predicted octanol–water partition coefficient (Wildman–Crippen LogP) is 4.48. The molecule has 0 bridgehead atoms. The molecule has 5 heteroatoms. The first-order valence-electron chi connectivity index (χ1n) is 5.62. The van der Waals surface area contributed by atoms with Crippen LogP contribution in [0.25, 0.3) is 10.1 Å². The van der Waals surface area contributed by atoms with Gasteiger partial charge < -0.3 is 5.32 Å². The highest BCUT2D eigenvalue weighted by molar-refractivity contribution is 7.17. The molecule has 0 radical (unpaired) electrons. The summed E-state index contributed by atoms with van der Waals surface area (Å²) in [7, 11) is 1.69. The SMILES string of the molecule is CNC(C)C(F)(c1ccc2sccc2c1)C(Cl)Cl. The van der Waals surface area contributed by atoms with Crippen LogP contribution in [-0.4, -0.2) is 17.9 Å². The molecule has 0 aliphatic rings. The normalized spacial score (nSPS) is 17.0. The zero-order valence-electron chi connectivity index (χ0n) is 10.1. The summed E-state index contributed by atoms with van der Waals surface area (Å²) < 4.78 is 16.3. The van der Waals surface area contributed by atoms with E-state index in [9.17, 15) is 0 Å². The van der Waals surface area contributed by atoms with Gasteiger partial charge in [-0.2, -0.15) is 0 Å². The smallest absolute Gasteiger partial charge is 0.180 e. The van der Waals surface area contributed by atoms with Crippen LogP contribution in [-0.2, 0) is 5.67 Å². The molecule has 0 spiro atoms. The number of alkyl halides is 3. The topological polar surface area (TPSA) is 12.0 Å². The molecule has 1 heterocycles. The molecule has 1 aromatic heterocycles. The molecule has 98 valence electrons. The highest BCUT2D eigenvalue weighted by Crippen LogP contribution is 2.40. The van der Waals surface area contributed by atoms with Crippen LogP contribution in [0.3, 0.4) is 0 Å². The largest absolute Gasteiger partial charge is 0.314 e. The average molecular weight is 306 g/mol. The molecular formula is C13H14Cl2FNS. The van der Waals surface area contributed by atoms with Gasteiger partial charge in [-0.1, -0.05) is 6.07 Å². The van der Waals surface area contributed by atoms with Crippen molar-refractivity contribution in [3.8, 4) is 0 Å². The van der Waals surface area contributed by atoms with Crippen LogP contribution in [0.15, 0.2) is 29.6 Å². The lowest BCUT2D eigenvalue weighted by Crippen LogP contribution is -2.46. The van der Waals surface area contributed by atoms with Crippen molar-refractivity contribution in [3.63, 3.8) is 0 Å². The van der Waals surface area contributed by atoms with Crippen molar-refractivity contribution in [1.29, 1.82) is 0 Å². The minimum absolute atomic E-state index is 0.478. The van der Waals surface area contributed by atoms with Gasteiger partial charge in [0.1, 0.15) is 4.84 Å². The van der Waals surface area contributed by atoms with E-state index in [0.29, 0.717) is 5.56 Å². The molecule has 0 saturated carbocycles. The monoisotopic (exact) mass is 305 g/mol. The summed E-state index contributed by atoms with van der Waals surface area (Å²) in [5.74, 6) is 0. The van der Waals surface area contributed by atoms with Gasteiger partial charge in [-0.15, -0.1) is 34.5 Å². The first-order valence-corrected chi connectivity index (χ1v) is 7.37. The molecular weight excluding hydrogens is 292 g/mol. The van der Waals surface area contributed by atoms with Crippen LogP contribution in [0.1, 0.15) is 12.5 Å². The molecule has 18 heavy (non-hydrogen) atoms. The summed E-state index contributed by atoms with van der Waals surface area (Å²) >= 11 is 13.4. The second-order valence-electron chi connectivity index (χ2n) is 4.25. The van der Waals surface area contributed by atoms with E-state index >= 15 is 4.39 Å². The van der Waals surface area contributed by atoms with E-state index in [0.717, 1.165) is 10.1 Å². The lowest BCUT2D eigenvalue weighted by atomic mass is 9.90. The lowest BCUT2D eigenvalue weighted by Gasteiger charge is -2.33. The van der Waals surface area contributed by atoms with Gasteiger partial charge >= 0.3 is 0 Å². The molecule has 2 rings (SSSR count). The van der Waals surface area contributed by atoms with Gasteiger partial charge in [0.2, 0.25) is 0 Å². The number of thiophene rings is 1. The fourth-order valence-corrected chi connectivity index (χ4v) is 3.38. The second kappa shape index (κ2) is 5.33. The summed E-state index contributed by atoms with van der Waals surface area (Å²) in [5, 5.41) is 5.88. The fourth-order valence-electron chi connectivity index (χ4n) is 1.98. The van der Waals surface area contributed by atoms with Gasteiger partial charge in [-0.05, 0) is 48.5 Å². The Bertz CT molecular complexity index is 543. The van der Waals surface area contributed by atoms with E-state index in [1.54, 1.807) is 31.4 Å². The quantitative estimate of drug-likeness (QED) is 0.821. The molecule has 0 aliphatic carbocycles. The summed E-state index contributed by atoms with van der Waals surface area (Å²) in [5.41, 5.74) is -1.31. The third-order valence-electron chi connectivity index (χ3n) is 3.28. The molecule has 2 atom stereocenters. The number of halogens is 3. The molecule has 0 aliphatic heterocycles. The highest BCUT2D eigenvalue weighted by Gasteiger charge is 2.44. The van der Waals surface area contributed by atoms with E-state index < -0.39 is 16.5 Å². The molecule has 1 nitrogen and oxygen atoms in total. The Morgan fingerprint density at radius 3 is 2.67 bits per heavy atom. The van der Waals surface area contributed by atoms with E-state index in [1.165, 1.54) is 0 Å². The number of benzene rings is 1. The first-order chi connectivity index (χ1) is 8.50. The van der Waals surface area contributed by atoms with Crippen LogP contribution >= 0.6 is 34.5 Å². The van der Waals surface area contributed by atoms with Crippen LogP contribution in [0.5, 0.6) is 0 Å². The molecule has 0 fully saturated rings. The Kier molecular flexibility index (Phi) is 4.17. The standard InChI is InChI=1S/C13H14Cl2FNS/c1-8(17-2)13(16,12(14)15)10-3-4-11-9(7-10)5-6-18-11/h3-8,12,17H,1-2H3. The molecule has 2 unspecified atom stereocenters. The van der Waals surface area contributed by atoms with E-state index in [1.807, 2.05) is 23.6 Å². The average Bonchev–Trinajstić information content (AvgIpc) is 2.83. The van der Waals surface area contributed by atoms with Crippen molar-refractivity contribution in [2.45, 2.75) is 23.5 Å². The van der Waals surface area contributed by atoms with Crippen LogP contribution in [0, 0.1) is 0 Å². The van der Waals surface area contributed by atoms with Crippen molar-refractivity contribution in [1.82, 2.24) is 5.32 Å². The van der Waals surface area contributed by atoms with Gasteiger partial charge in [0, 0.05) is 10.7 Å². The van der Waals surface area contributed by atoms with Crippen LogP contribution < -0.4 is 5.32 Å². The van der Waals surface area contributed by atoms with Gasteiger partial charge in [0.15, 0.2) is 5.67 Å². The Morgan fingerprint density at radius 1 is 1.33 bits per heavy atom. The maximum atomic E-state index is 15.2. The van der Waals surface area contributed by atoms with Gasteiger partial charge in [-0.3, -0.25) is 0 Å². The molecule has 1 N–H and O–H groups in total. The number of hydrogen-bond donors (Lipinski definition) is 1. The Labute approximate surface area is 120 Å². The van der Waals surface area contributed by atoms with Crippen molar-refractivity contribution >= 4 is 44.6 Å². The molecule has 2 aromatic rings. The summed E-state index contributed by atoms with van der Waals surface area (Å²) in [6.07, 6.45) is 0. The van der Waals surface area contributed by atoms with Crippen molar-refractivity contribution in [3.05, 3.63) is 35.2 Å². The molecule has 1 aromatic carbocycles. The first kappa shape index (κ1) is 14.1. The van der Waals surface area contributed by atoms with E-state index in [4.69, 9.17) is 23.2 Å². The Hall–Kier alpha value is -0.350. The van der Waals surface area contributed by atoms with Gasteiger partial charge in [0.05, 0.1) is 0 Å². The van der Waals surface area contributed by atoms with Crippen LogP contribution in [0.2, 0.25) is 0 Å². The van der Waals surface area contributed by atoms with Crippen molar-refractivity contribution in [2.75, 3.05) is 7.05 Å². The summed E-state index contributed by atoms with van der Waals surface area (Å²) in [4.78, 5) is -1.13. The minimum Gasteiger partial charge on any atom is -0.314 e. The van der Waals surface area contributed by atoms with Gasteiger partial charge in [-0.25, -0.2) is 4.39 Å². The van der Waals surface area contributed by atoms with E-state index in [2.05, 4.69) is 5.32 Å². The third-order valence-corrected chi connectivity index (χ3v) is 4.81. The van der Waals surface area contributed by atoms with Crippen LogP contribution in [0.4, 0.5) is 4.39 Å². The number of fused-ring (bicyclic) bond motifs is 1. The maximum Gasteiger partial charge on any atom is 0.180 e. The van der Waals surface area contributed by atoms with Gasteiger partial charge in [0.25, 0.3) is 0 Å². The number of nitrogens with one attached hydrogen (secondary N) is 1. The Balaban J connectivity index is 2.53.